The summed E-state index contributed by atoms with van der Waals surface area (Å²) in [4.78, 5) is 0. The second-order valence-corrected chi connectivity index (χ2v) is 4.71. The molecule has 7 heteroatoms. The van der Waals surface area contributed by atoms with Crippen LogP contribution in [0.25, 0.3) is 0 Å². The molecule has 2 rings (SSSR count). The minimum atomic E-state index is 0.0904. The molecule has 20 heavy (non-hydrogen) atoms. The second-order valence-electron chi connectivity index (χ2n) is 4.33. The van der Waals surface area contributed by atoms with Crippen LogP contribution in [-0.4, -0.2) is 34.3 Å². The molecule has 0 fully saturated rings. The largest absolute Gasteiger partial charge is 0.493 e. The van der Waals surface area contributed by atoms with Crippen molar-refractivity contribution in [3.05, 3.63) is 34.9 Å². The maximum atomic E-state index is 5.65. The van der Waals surface area contributed by atoms with Gasteiger partial charge in [-0.2, -0.15) is 14.9 Å². The van der Waals surface area contributed by atoms with E-state index in [-0.39, 0.29) is 6.10 Å². The minimum Gasteiger partial charge on any atom is -0.493 e. The van der Waals surface area contributed by atoms with Crippen molar-refractivity contribution in [3.8, 4) is 11.5 Å². The van der Waals surface area contributed by atoms with E-state index in [0.29, 0.717) is 16.3 Å². The van der Waals surface area contributed by atoms with Crippen molar-refractivity contribution < 1.29 is 9.47 Å². The molecule has 0 aliphatic rings. The second kappa shape index (κ2) is 6.33. The third-order valence-corrected chi connectivity index (χ3v) is 2.70. The highest BCUT2D eigenvalue weighted by Gasteiger charge is 2.06. The fourth-order valence-electron chi connectivity index (χ4n) is 1.57. The van der Waals surface area contributed by atoms with Gasteiger partial charge in [-0.15, -0.1) is 0 Å². The first-order valence-electron chi connectivity index (χ1n) is 6.11. The molecular weight excluding hydrogens is 276 g/mol. The zero-order valence-electron chi connectivity index (χ0n) is 11.5. The lowest BCUT2D eigenvalue weighted by Gasteiger charge is -2.13. The van der Waals surface area contributed by atoms with Crippen molar-refractivity contribution in [2.45, 2.75) is 20.0 Å². The highest BCUT2D eigenvalue weighted by Crippen LogP contribution is 2.28. The van der Waals surface area contributed by atoms with Crippen LogP contribution in [0.4, 0.5) is 0 Å². The van der Waals surface area contributed by atoms with Crippen LogP contribution >= 0.6 is 12.2 Å². The van der Waals surface area contributed by atoms with E-state index in [9.17, 15) is 0 Å². The van der Waals surface area contributed by atoms with Crippen LogP contribution in [0.2, 0.25) is 0 Å². The molecule has 0 amide bonds. The Morgan fingerprint density at radius 3 is 2.80 bits per heavy atom. The fraction of sp³-hybridized carbons (Fsp3) is 0.308. The van der Waals surface area contributed by atoms with Gasteiger partial charge in [-0.25, -0.2) is 0 Å². The monoisotopic (exact) mass is 292 g/mol. The number of H-pyrrole nitrogens is 1. The maximum Gasteiger partial charge on any atom is 0.216 e. The Morgan fingerprint density at radius 1 is 1.40 bits per heavy atom. The average molecular weight is 292 g/mol. The van der Waals surface area contributed by atoms with Crippen LogP contribution in [-0.2, 0) is 0 Å². The minimum absolute atomic E-state index is 0.0904. The van der Waals surface area contributed by atoms with Gasteiger partial charge in [0.05, 0.1) is 19.4 Å². The molecule has 0 aliphatic carbocycles. The molecule has 0 aliphatic heterocycles. The molecule has 1 aromatic carbocycles. The average Bonchev–Trinajstić information content (AvgIpc) is 2.82. The summed E-state index contributed by atoms with van der Waals surface area (Å²) in [5, 5.41) is 10.6. The van der Waals surface area contributed by atoms with Crippen molar-refractivity contribution in [2.24, 2.45) is 5.10 Å². The van der Waals surface area contributed by atoms with Gasteiger partial charge < -0.3 is 9.47 Å². The molecule has 106 valence electrons. The predicted octanol–water partition coefficient (Wildman–Crippen LogP) is 2.62. The molecule has 0 atom stereocenters. The number of aromatic nitrogens is 3. The lowest BCUT2D eigenvalue weighted by atomic mass is 10.2. The van der Waals surface area contributed by atoms with E-state index in [4.69, 9.17) is 21.7 Å². The van der Waals surface area contributed by atoms with Gasteiger partial charge in [0.1, 0.15) is 6.33 Å². The number of methoxy groups -OCH3 is 1. The number of benzene rings is 1. The summed E-state index contributed by atoms with van der Waals surface area (Å²) in [5.41, 5.74) is 0.876. The van der Waals surface area contributed by atoms with Gasteiger partial charge in [0.25, 0.3) is 0 Å². The van der Waals surface area contributed by atoms with Crippen LogP contribution in [0, 0.1) is 4.77 Å². The number of rotatable bonds is 5. The lowest BCUT2D eigenvalue weighted by molar-refractivity contribution is 0.230. The van der Waals surface area contributed by atoms with Crippen LogP contribution in [0.1, 0.15) is 19.4 Å². The molecule has 0 saturated heterocycles. The summed E-state index contributed by atoms with van der Waals surface area (Å²) >= 11 is 5.00. The van der Waals surface area contributed by atoms with Crippen molar-refractivity contribution in [2.75, 3.05) is 7.11 Å². The van der Waals surface area contributed by atoms with Gasteiger partial charge in [-0.05, 0) is 49.8 Å². The van der Waals surface area contributed by atoms with Crippen LogP contribution in [0.3, 0.4) is 0 Å². The van der Waals surface area contributed by atoms with E-state index in [0.717, 1.165) is 5.56 Å². The van der Waals surface area contributed by atoms with E-state index in [2.05, 4.69) is 15.3 Å². The molecule has 0 saturated carbocycles. The number of hydrogen-bond acceptors (Lipinski definition) is 5. The first kappa shape index (κ1) is 14.3. The maximum absolute atomic E-state index is 5.65. The molecule has 0 spiro atoms. The molecule has 0 bridgehead atoms. The van der Waals surface area contributed by atoms with E-state index in [1.807, 2.05) is 32.0 Å². The normalized spacial score (nSPS) is 11.2. The summed E-state index contributed by atoms with van der Waals surface area (Å²) in [6, 6.07) is 5.60. The topological polar surface area (TPSA) is 64.4 Å². The van der Waals surface area contributed by atoms with Crippen molar-refractivity contribution >= 4 is 18.4 Å². The Labute approximate surface area is 122 Å². The SMILES string of the molecule is COc1cc(/C=N\n2cn[nH]c2=S)ccc1OC(C)C. The first-order chi connectivity index (χ1) is 9.60. The third kappa shape index (κ3) is 3.45. The summed E-state index contributed by atoms with van der Waals surface area (Å²) in [7, 11) is 1.61. The summed E-state index contributed by atoms with van der Waals surface area (Å²) in [6.07, 6.45) is 3.27. The smallest absolute Gasteiger partial charge is 0.216 e. The Balaban J connectivity index is 2.23. The van der Waals surface area contributed by atoms with Gasteiger partial charge >= 0.3 is 0 Å². The standard InChI is InChI=1S/C13H16N4O2S/c1-9(2)19-11-5-4-10(6-12(11)18-3)7-15-17-8-14-16-13(17)20/h4-9H,1-3H3,(H,16,20)/b15-7-. The third-order valence-electron chi connectivity index (χ3n) is 2.42. The first-order valence-corrected chi connectivity index (χ1v) is 6.52. The number of nitrogens with zero attached hydrogens (tertiary/aromatic N) is 3. The Morgan fingerprint density at radius 2 is 2.20 bits per heavy atom. The summed E-state index contributed by atoms with van der Waals surface area (Å²) < 4.78 is 12.9. The van der Waals surface area contributed by atoms with Gasteiger partial charge in [0, 0.05) is 0 Å². The molecule has 0 radical (unpaired) electrons. The van der Waals surface area contributed by atoms with Crippen molar-refractivity contribution in [1.82, 2.24) is 14.9 Å². The molecule has 2 aromatic rings. The Hall–Kier alpha value is -2.15. The van der Waals surface area contributed by atoms with E-state index in [1.165, 1.54) is 11.0 Å². The number of ether oxygens (including phenoxy) is 2. The van der Waals surface area contributed by atoms with Crippen LogP contribution < -0.4 is 9.47 Å². The highest BCUT2D eigenvalue weighted by molar-refractivity contribution is 7.71. The Kier molecular flexibility index (Phi) is 4.52. The van der Waals surface area contributed by atoms with Gasteiger partial charge in [-0.1, -0.05) is 0 Å². The quantitative estimate of drug-likeness (QED) is 0.679. The zero-order chi connectivity index (χ0) is 14.5. The Bertz CT molecular complexity index is 660. The molecule has 6 nitrogen and oxygen atoms in total. The van der Waals surface area contributed by atoms with Crippen LogP contribution in [0.15, 0.2) is 29.6 Å². The molecule has 0 unspecified atom stereocenters. The number of aromatic amines is 1. The molecule has 1 N–H and O–H groups in total. The number of nitrogens with one attached hydrogen (secondary N) is 1. The van der Waals surface area contributed by atoms with Crippen molar-refractivity contribution in [3.63, 3.8) is 0 Å². The van der Waals surface area contributed by atoms with Crippen molar-refractivity contribution in [1.29, 1.82) is 0 Å². The van der Waals surface area contributed by atoms with Gasteiger partial charge in [0.2, 0.25) is 4.77 Å². The molecule has 1 heterocycles. The predicted molar refractivity (Wildman–Crippen MR) is 79.2 cm³/mol. The number of hydrogen-bond donors (Lipinski definition) is 1. The summed E-state index contributed by atoms with van der Waals surface area (Å²) in [6.45, 7) is 3.94. The zero-order valence-corrected chi connectivity index (χ0v) is 12.3. The fourth-order valence-corrected chi connectivity index (χ4v) is 1.72. The van der Waals surface area contributed by atoms with Gasteiger partial charge in [0.15, 0.2) is 11.5 Å². The highest BCUT2D eigenvalue weighted by atomic mass is 32.1. The van der Waals surface area contributed by atoms with E-state index >= 15 is 0 Å². The molecule has 1 aromatic heterocycles. The summed E-state index contributed by atoms with van der Waals surface area (Å²) in [5.74, 6) is 1.37. The van der Waals surface area contributed by atoms with Gasteiger partial charge in [-0.3, -0.25) is 5.10 Å². The van der Waals surface area contributed by atoms with E-state index in [1.54, 1.807) is 13.3 Å². The van der Waals surface area contributed by atoms with Crippen LogP contribution in [0.5, 0.6) is 11.5 Å². The lowest BCUT2D eigenvalue weighted by Crippen LogP contribution is -2.06. The van der Waals surface area contributed by atoms with E-state index < -0.39 is 0 Å². The molecular formula is C13H16N4O2S.